The van der Waals surface area contributed by atoms with E-state index in [0.717, 1.165) is 24.2 Å². The molecule has 4 rings (SSSR count). The quantitative estimate of drug-likeness (QED) is 0.491. The summed E-state index contributed by atoms with van der Waals surface area (Å²) in [6.45, 7) is 5.31. The molecule has 3 fully saturated rings. The maximum absolute atomic E-state index is 13.1. The van der Waals surface area contributed by atoms with Gasteiger partial charge in [-0.2, -0.15) is 0 Å². The number of likely N-dealkylation sites (tertiary alicyclic amines) is 1. The number of nitrogens with zero attached hydrogens (tertiary/aromatic N) is 1. The number of nitrogens with one attached hydrogen (secondary N) is 1. The molecule has 2 bridgehead atoms. The summed E-state index contributed by atoms with van der Waals surface area (Å²) >= 11 is 0. The van der Waals surface area contributed by atoms with Crippen LogP contribution >= 0.6 is 0 Å². The van der Waals surface area contributed by atoms with Crippen molar-refractivity contribution in [2.24, 2.45) is 29.6 Å². The van der Waals surface area contributed by atoms with Gasteiger partial charge in [0.05, 0.1) is 24.1 Å². The smallest absolute Gasteiger partial charge is 0.330 e. The number of imide groups is 1. The summed E-state index contributed by atoms with van der Waals surface area (Å²) in [7, 11) is 0. The average molecular weight is 443 g/mol. The number of carbonyl (C=O) groups is 4. The van der Waals surface area contributed by atoms with Crippen molar-refractivity contribution in [2.45, 2.75) is 46.1 Å². The Labute approximate surface area is 187 Å². The number of benzene rings is 1. The van der Waals surface area contributed by atoms with Crippen molar-refractivity contribution in [1.82, 2.24) is 4.90 Å². The number of rotatable bonds is 8. The second-order valence-corrected chi connectivity index (χ2v) is 9.21. The predicted octanol–water partition coefficient (Wildman–Crippen LogP) is 2.62. The first-order chi connectivity index (χ1) is 15.3. The Hall–Kier alpha value is -2.90. The van der Waals surface area contributed by atoms with Crippen LogP contribution < -0.4 is 10.1 Å². The second-order valence-electron chi connectivity index (χ2n) is 9.21. The fourth-order valence-electron chi connectivity index (χ4n) is 5.64. The van der Waals surface area contributed by atoms with Crippen LogP contribution in [-0.4, -0.2) is 47.8 Å². The lowest BCUT2D eigenvalue weighted by atomic mass is 9.81. The molecule has 1 saturated heterocycles. The van der Waals surface area contributed by atoms with Gasteiger partial charge in [-0.15, -0.1) is 0 Å². The minimum Gasteiger partial charge on any atom is -0.492 e. The fraction of sp³-hybridized carbons (Fsp3) is 0.583. The Kier molecular flexibility index (Phi) is 6.22. The first-order valence-corrected chi connectivity index (χ1v) is 11.4. The van der Waals surface area contributed by atoms with Gasteiger partial charge >= 0.3 is 5.97 Å². The van der Waals surface area contributed by atoms with Gasteiger partial charge < -0.3 is 14.8 Å². The number of amides is 3. The summed E-state index contributed by atoms with van der Waals surface area (Å²) in [4.78, 5) is 52.7. The molecule has 172 valence electrons. The van der Waals surface area contributed by atoms with E-state index in [1.807, 2.05) is 6.92 Å². The van der Waals surface area contributed by atoms with Crippen molar-refractivity contribution in [2.75, 3.05) is 18.5 Å². The van der Waals surface area contributed by atoms with E-state index in [2.05, 4.69) is 5.32 Å². The Morgan fingerprint density at radius 1 is 1.09 bits per heavy atom. The lowest BCUT2D eigenvalue weighted by molar-refractivity contribution is -0.162. The van der Waals surface area contributed by atoms with Gasteiger partial charge in [0, 0.05) is 0 Å². The zero-order chi connectivity index (χ0) is 23.0. The summed E-state index contributed by atoms with van der Waals surface area (Å²) in [6.07, 6.45) is 2.87. The molecule has 3 amide bonds. The average Bonchev–Trinajstić information content (AvgIpc) is 3.44. The van der Waals surface area contributed by atoms with Crippen molar-refractivity contribution in [1.29, 1.82) is 0 Å². The highest BCUT2D eigenvalue weighted by Gasteiger charge is 2.62. The normalized spacial score (nSPS) is 26.9. The van der Waals surface area contributed by atoms with Crippen LogP contribution in [0, 0.1) is 29.6 Å². The molecule has 0 unspecified atom stereocenters. The zero-order valence-corrected chi connectivity index (χ0v) is 18.7. The third-order valence-corrected chi connectivity index (χ3v) is 6.92. The molecule has 0 spiro atoms. The van der Waals surface area contributed by atoms with Gasteiger partial charge in [0.2, 0.25) is 11.8 Å². The molecule has 0 aromatic heterocycles. The lowest BCUT2D eigenvalue weighted by Crippen LogP contribution is -2.50. The van der Waals surface area contributed by atoms with Gasteiger partial charge in [-0.1, -0.05) is 26.0 Å². The Balaban J connectivity index is 1.41. The molecule has 5 atom stereocenters. The number of carbonyl (C=O) groups excluding carboxylic acids is 4. The molecule has 2 aliphatic carbocycles. The third kappa shape index (κ3) is 3.87. The Morgan fingerprint density at radius 3 is 2.31 bits per heavy atom. The molecular weight excluding hydrogens is 412 g/mol. The monoisotopic (exact) mass is 442 g/mol. The number of hydrogen-bond acceptors (Lipinski definition) is 6. The van der Waals surface area contributed by atoms with Crippen LogP contribution in [0.4, 0.5) is 5.69 Å². The zero-order valence-electron chi connectivity index (χ0n) is 18.7. The van der Waals surface area contributed by atoms with Crippen LogP contribution in [0.5, 0.6) is 5.75 Å². The van der Waals surface area contributed by atoms with Gasteiger partial charge in [-0.25, -0.2) is 4.79 Å². The van der Waals surface area contributed by atoms with Gasteiger partial charge in [0.25, 0.3) is 5.91 Å². The summed E-state index contributed by atoms with van der Waals surface area (Å²) in [5.74, 6) is -1.68. The maximum atomic E-state index is 13.1. The number of fused-ring (bicyclic) bond motifs is 5. The van der Waals surface area contributed by atoms with Gasteiger partial charge in [0.15, 0.2) is 6.61 Å². The third-order valence-electron chi connectivity index (χ3n) is 6.92. The van der Waals surface area contributed by atoms with Crippen molar-refractivity contribution in [3.63, 3.8) is 0 Å². The predicted molar refractivity (Wildman–Crippen MR) is 115 cm³/mol. The van der Waals surface area contributed by atoms with Crippen LogP contribution in [0.15, 0.2) is 24.3 Å². The highest BCUT2D eigenvalue weighted by Crippen LogP contribution is 2.56. The van der Waals surface area contributed by atoms with Gasteiger partial charge in [-0.3, -0.25) is 19.3 Å². The standard InChI is InChI=1S/C24H30N2O6/c1-4-31-17-8-6-5-7-16(17)25-18(27)12-32-24(30)21(13(2)3)26-22(28)19-14-9-10-15(11-14)20(19)23(26)29/h5-8,13-15,19-21H,4,9-12H2,1-3H3,(H,25,27)/t14-,15-,19-,20-,21-/m0/s1. The molecule has 1 heterocycles. The van der Waals surface area contributed by atoms with E-state index in [0.29, 0.717) is 18.0 Å². The van der Waals surface area contributed by atoms with E-state index in [-0.39, 0.29) is 41.4 Å². The topological polar surface area (TPSA) is 102 Å². The number of anilines is 1. The molecule has 2 saturated carbocycles. The van der Waals surface area contributed by atoms with Crippen molar-refractivity contribution >= 4 is 29.4 Å². The Bertz CT molecular complexity index is 901. The van der Waals surface area contributed by atoms with E-state index in [9.17, 15) is 19.2 Å². The molecule has 8 heteroatoms. The van der Waals surface area contributed by atoms with E-state index in [1.54, 1.807) is 38.1 Å². The molecule has 1 aromatic rings. The molecule has 1 N–H and O–H groups in total. The number of para-hydroxylation sites is 2. The van der Waals surface area contributed by atoms with Crippen LogP contribution in [0.2, 0.25) is 0 Å². The highest BCUT2D eigenvalue weighted by atomic mass is 16.5. The Morgan fingerprint density at radius 2 is 1.72 bits per heavy atom. The molecule has 8 nitrogen and oxygen atoms in total. The largest absolute Gasteiger partial charge is 0.492 e. The van der Waals surface area contributed by atoms with Crippen molar-refractivity contribution < 1.29 is 28.7 Å². The molecule has 32 heavy (non-hydrogen) atoms. The van der Waals surface area contributed by atoms with E-state index < -0.39 is 24.5 Å². The van der Waals surface area contributed by atoms with Crippen LogP contribution in [0.3, 0.4) is 0 Å². The van der Waals surface area contributed by atoms with Crippen LogP contribution in [0.25, 0.3) is 0 Å². The number of esters is 1. The van der Waals surface area contributed by atoms with Crippen molar-refractivity contribution in [3.05, 3.63) is 24.3 Å². The van der Waals surface area contributed by atoms with Crippen LogP contribution in [0.1, 0.15) is 40.0 Å². The lowest BCUT2D eigenvalue weighted by Gasteiger charge is -2.28. The van der Waals surface area contributed by atoms with Gasteiger partial charge in [-0.05, 0) is 56.1 Å². The number of hydrogen-bond donors (Lipinski definition) is 1. The van der Waals surface area contributed by atoms with E-state index >= 15 is 0 Å². The first kappa shape index (κ1) is 22.3. The molecule has 3 aliphatic rings. The summed E-state index contributed by atoms with van der Waals surface area (Å²) in [5.41, 5.74) is 0.476. The fourth-order valence-corrected chi connectivity index (χ4v) is 5.64. The van der Waals surface area contributed by atoms with E-state index in [4.69, 9.17) is 9.47 Å². The second kappa shape index (κ2) is 8.92. The van der Waals surface area contributed by atoms with Crippen molar-refractivity contribution in [3.8, 4) is 5.75 Å². The molecular formula is C24H30N2O6. The minimum atomic E-state index is -1.02. The molecule has 0 radical (unpaired) electrons. The van der Waals surface area contributed by atoms with Gasteiger partial charge in [0.1, 0.15) is 11.8 Å². The molecule has 1 aliphatic heterocycles. The summed E-state index contributed by atoms with van der Waals surface area (Å²) < 4.78 is 10.7. The number of ether oxygens (including phenoxy) is 2. The van der Waals surface area contributed by atoms with Crippen LogP contribution in [-0.2, 0) is 23.9 Å². The highest BCUT2D eigenvalue weighted by molar-refractivity contribution is 6.08. The maximum Gasteiger partial charge on any atom is 0.330 e. The SMILES string of the molecule is CCOc1ccccc1NC(=O)COC(=O)[C@H](C(C)C)N1C(=O)[C@H]2[C@H]3CC[C@@H](C3)[C@@H]2C1=O. The summed E-state index contributed by atoms with van der Waals surface area (Å²) in [5, 5.41) is 2.67. The summed E-state index contributed by atoms with van der Waals surface area (Å²) in [6, 6.07) is 5.95. The first-order valence-electron chi connectivity index (χ1n) is 11.4. The molecule has 1 aromatic carbocycles. The van der Waals surface area contributed by atoms with E-state index in [1.165, 1.54) is 0 Å². The minimum absolute atomic E-state index is 0.242.